The molecule has 1 N–H and O–H groups in total. The van der Waals surface area contributed by atoms with E-state index in [-0.39, 0.29) is 11.9 Å². The molecule has 0 heterocycles. The topological polar surface area (TPSA) is 21.3 Å². The molecule has 1 aromatic carbocycles. The maximum absolute atomic E-state index is 14.1. The van der Waals surface area contributed by atoms with Crippen molar-refractivity contribution in [1.82, 2.24) is 5.32 Å². The van der Waals surface area contributed by atoms with Crippen molar-refractivity contribution in [1.29, 1.82) is 0 Å². The second kappa shape index (κ2) is 8.22. The molecule has 3 heteroatoms. The van der Waals surface area contributed by atoms with Gasteiger partial charge in [0, 0.05) is 25.3 Å². The number of ether oxygens (including phenoxy) is 1. The van der Waals surface area contributed by atoms with Crippen LogP contribution in [0.1, 0.15) is 43.4 Å². The van der Waals surface area contributed by atoms with Gasteiger partial charge in [-0.25, -0.2) is 4.39 Å². The molecular weight excluding hydrogens is 229 g/mol. The van der Waals surface area contributed by atoms with Gasteiger partial charge in [-0.2, -0.15) is 0 Å². The number of halogens is 1. The smallest absolute Gasteiger partial charge is 0.130 e. The number of aryl methyl sites for hydroxylation is 1. The number of hydrogen-bond donors (Lipinski definition) is 1. The van der Waals surface area contributed by atoms with E-state index in [0.29, 0.717) is 5.56 Å². The van der Waals surface area contributed by atoms with Crippen molar-refractivity contribution in [2.75, 3.05) is 20.3 Å². The maximum Gasteiger partial charge on any atom is 0.130 e. The van der Waals surface area contributed by atoms with Crippen LogP contribution < -0.4 is 5.32 Å². The van der Waals surface area contributed by atoms with Crippen molar-refractivity contribution in [3.8, 4) is 0 Å². The van der Waals surface area contributed by atoms with Crippen LogP contribution in [0.2, 0.25) is 0 Å². The number of benzene rings is 1. The van der Waals surface area contributed by atoms with Crippen LogP contribution in [0, 0.1) is 12.7 Å². The summed E-state index contributed by atoms with van der Waals surface area (Å²) in [7, 11) is 1.70. The molecule has 0 aromatic heterocycles. The molecule has 0 fully saturated rings. The van der Waals surface area contributed by atoms with E-state index in [0.717, 1.165) is 38.0 Å². The Morgan fingerprint density at radius 1 is 1.39 bits per heavy atom. The van der Waals surface area contributed by atoms with Gasteiger partial charge in [-0.1, -0.05) is 25.1 Å². The first-order chi connectivity index (χ1) is 8.70. The van der Waals surface area contributed by atoms with Gasteiger partial charge in [-0.05, 0) is 38.3 Å². The summed E-state index contributed by atoms with van der Waals surface area (Å²) in [5, 5.41) is 3.42. The molecule has 102 valence electrons. The molecule has 1 atom stereocenters. The lowest BCUT2D eigenvalue weighted by atomic mass is 9.99. The predicted molar refractivity (Wildman–Crippen MR) is 73.3 cm³/mol. The Balaban J connectivity index is 2.76. The zero-order chi connectivity index (χ0) is 13.4. The zero-order valence-electron chi connectivity index (χ0n) is 11.6. The molecule has 0 radical (unpaired) electrons. The van der Waals surface area contributed by atoms with Crippen molar-refractivity contribution in [2.45, 2.75) is 39.2 Å². The van der Waals surface area contributed by atoms with E-state index in [4.69, 9.17) is 4.74 Å². The third kappa shape index (κ3) is 4.39. The molecule has 0 aliphatic carbocycles. The van der Waals surface area contributed by atoms with E-state index in [2.05, 4.69) is 12.2 Å². The largest absolute Gasteiger partial charge is 0.385 e. The highest BCUT2D eigenvalue weighted by atomic mass is 19.1. The molecule has 1 unspecified atom stereocenters. The van der Waals surface area contributed by atoms with E-state index in [1.807, 2.05) is 25.1 Å². The molecule has 1 rings (SSSR count). The van der Waals surface area contributed by atoms with Gasteiger partial charge in [0.15, 0.2) is 0 Å². The molecule has 0 aliphatic rings. The van der Waals surface area contributed by atoms with Crippen LogP contribution in [0.15, 0.2) is 18.2 Å². The van der Waals surface area contributed by atoms with Gasteiger partial charge < -0.3 is 10.1 Å². The minimum atomic E-state index is -0.0801. The average molecular weight is 253 g/mol. The molecule has 0 bridgehead atoms. The summed E-state index contributed by atoms with van der Waals surface area (Å²) < 4.78 is 19.2. The summed E-state index contributed by atoms with van der Waals surface area (Å²) in [6, 6.07) is 5.69. The third-order valence-electron chi connectivity index (χ3n) is 3.08. The maximum atomic E-state index is 14.1. The Morgan fingerprint density at radius 3 is 2.83 bits per heavy atom. The van der Waals surface area contributed by atoms with E-state index in [9.17, 15) is 4.39 Å². The second-order valence-electron chi connectivity index (χ2n) is 4.62. The molecule has 1 aromatic rings. The minimum Gasteiger partial charge on any atom is -0.385 e. The Labute approximate surface area is 110 Å². The monoisotopic (exact) mass is 253 g/mol. The first-order valence-corrected chi connectivity index (χ1v) is 6.68. The fraction of sp³-hybridized carbons (Fsp3) is 0.600. The molecular formula is C15H24FNO. The van der Waals surface area contributed by atoms with Crippen LogP contribution in [-0.2, 0) is 4.74 Å². The fourth-order valence-electron chi connectivity index (χ4n) is 2.06. The highest BCUT2D eigenvalue weighted by Crippen LogP contribution is 2.23. The Hall–Kier alpha value is -0.930. The first-order valence-electron chi connectivity index (χ1n) is 6.68. The standard InChI is InChI=1S/C15H24FNO/c1-4-10-17-14(9-6-11-18-3)13-8-5-7-12(2)15(13)16/h5,7-8,14,17H,4,6,9-11H2,1-3H3. The van der Waals surface area contributed by atoms with Gasteiger partial charge in [0.25, 0.3) is 0 Å². The highest BCUT2D eigenvalue weighted by molar-refractivity contribution is 5.27. The van der Waals surface area contributed by atoms with Gasteiger partial charge >= 0.3 is 0 Å². The van der Waals surface area contributed by atoms with Gasteiger partial charge in [0.05, 0.1) is 0 Å². The molecule has 0 aliphatic heterocycles. The summed E-state index contributed by atoms with van der Waals surface area (Å²) in [6.07, 6.45) is 2.88. The lowest BCUT2D eigenvalue weighted by Crippen LogP contribution is -2.23. The van der Waals surface area contributed by atoms with Crippen LogP contribution in [-0.4, -0.2) is 20.3 Å². The Bertz CT molecular complexity index is 354. The summed E-state index contributed by atoms with van der Waals surface area (Å²) >= 11 is 0. The van der Waals surface area contributed by atoms with E-state index in [1.165, 1.54) is 0 Å². The lowest BCUT2D eigenvalue weighted by molar-refractivity contribution is 0.188. The quantitative estimate of drug-likeness (QED) is 0.715. The van der Waals surface area contributed by atoms with E-state index >= 15 is 0 Å². The molecule has 0 amide bonds. The normalized spacial score (nSPS) is 12.7. The van der Waals surface area contributed by atoms with Crippen LogP contribution >= 0.6 is 0 Å². The van der Waals surface area contributed by atoms with Gasteiger partial charge in [0.2, 0.25) is 0 Å². The fourth-order valence-corrected chi connectivity index (χ4v) is 2.06. The van der Waals surface area contributed by atoms with Crippen LogP contribution in [0.5, 0.6) is 0 Å². The average Bonchev–Trinajstić information content (AvgIpc) is 2.37. The van der Waals surface area contributed by atoms with E-state index < -0.39 is 0 Å². The lowest BCUT2D eigenvalue weighted by Gasteiger charge is -2.20. The molecule has 0 saturated heterocycles. The number of hydrogen-bond acceptors (Lipinski definition) is 2. The predicted octanol–water partition coefficient (Wildman–Crippen LogP) is 3.60. The van der Waals surface area contributed by atoms with Crippen molar-refractivity contribution in [3.63, 3.8) is 0 Å². The van der Waals surface area contributed by atoms with E-state index in [1.54, 1.807) is 7.11 Å². The summed E-state index contributed by atoms with van der Waals surface area (Å²) in [5.41, 5.74) is 1.49. The second-order valence-corrected chi connectivity index (χ2v) is 4.62. The number of rotatable bonds is 8. The minimum absolute atomic E-state index is 0.0801. The molecule has 18 heavy (non-hydrogen) atoms. The van der Waals surface area contributed by atoms with Crippen LogP contribution in [0.25, 0.3) is 0 Å². The van der Waals surface area contributed by atoms with Crippen LogP contribution in [0.3, 0.4) is 0 Å². The summed E-state index contributed by atoms with van der Waals surface area (Å²) in [5.74, 6) is -0.0801. The Kier molecular flexibility index (Phi) is 6.91. The summed E-state index contributed by atoms with van der Waals surface area (Å²) in [4.78, 5) is 0. The van der Waals surface area contributed by atoms with Gasteiger partial charge in [-0.15, -0.1) is 0 Å². The summed E-state index contributed by atoms with van der Waals surface area (Å²) in [6.45, 7) is 5.56. The van der Waals surface area contributed by atoms with Crippen molar-refractivity contribution in [3.05, 3.63) is 35.1 Å². The Morgan fingerprint density at radius 2 is 2.17 bits per heavy atom. The highest BCUT2D eigenvalue weighted by Gasteiger charge is 2.15. The molecule has 0 spiro atoms. The number of methoxy groups -OCH3 is 1. The van der Waals surface area contributed by atoms with Crippen molar-refractivity contribution in [2.24, 2.45) is 0 Å². The van der Waals surface area contributed by atoms with Crippen molar-refractivity contribution < 1.29 is 9.13 Å². The number of nitrogens with one attached hydrogen (secondary N) is 1. The first kappa shape index (κ1) is 15.1. The van der Waals surface area contributed by atoms with Crippen LogP contribution in [0.4, 0.5) is 4.39 Å². The third-order valence-corrected chi connectivity index (χ3v) is 3.08. The SMILES string of the molecule is CCCNC(CCCOC)c1cccc(C)c1F. The van der Waals surface area contributed by atoms with Gasteiger partial charge in [-0.3, -0.25) is 0 Å². The van der Waals surface area contributed by atoms with Gasteiger partial charge in [0.1, 0.15) is 5.82 Å². The molecule has 2 nitrogen and oxygen atoms in total. The zero-order valence-corrected chi connectivity index (χ0v) is 11.6. The molecule has 0 saturated carbocycles. The van der Waals surface area contributed by atoms with Crippen molar-refractivity contribution >= 4 is 0 Å².